The van der Waals surface area contributed by atoms with Crippen molar-refractivity contribution < 1.29 is 18.0 Å². The number of rotatable bonds is 6. The molecule has 0 radical (unpaired) electrons. The van der Waals surface area contributed by atoms with Gasteiger partial charge in [0.15, 0.2) is 0 Å². The van der Waals surface area contributed by atoms with Gasteiger partial charge in [0.25, 0.3) is 5.91 Å². The van der Waals surface area contributed by atoms with Gasteiger partial charge in [-0.25, -0.2) is 13.1 Å². The van der Waals surface area contributed by atoms with Gasteiger partial charge in [-0.1, -0.05) is 17.7 Å². The lowest BCUT2D eigenvalue weighted by atomic mass is 10.2. The van der Waals surface area contributed by atoms with E-state index in [1.165, 1.54) is 23.9 Å². The van der Waals surface area contributed by atoms with Gasteiger partial charge in [0.05, 0.1) is 16.3 Å². The third-order valence-corrected chi connectivity index (χ3v) is 6.46. The van der Waals surface area contributed by atoms with Crippen LogP contribution in [0.2, 0.25) is 0 Å². The number of nitrogens with one attached hydrogen (secondary N) is 3. The third-order valence-electron chi connectivity index (χ3n) is 3.91. The summed E-state index contributed by atoms with van der Waals surface area (Å²) in [6.45, 7) is 2.09. The van der Waals surface area contributed by atoms with Crippen molar-refractivity contribution in [2.75, 3.05) is 24.2 Å². The van der Waals surface area contributed by atoms with E-state index in [4.69, 9.17) is 0 Å². The molecule has 7 nitrogen and oxygen atoms in total. The number of hydrogen-bond donors (Lipinski definition) is 3. The molecule has 0 bridgehead atoms. The predicted octanol–water partition coefficient (Wildman–Crippen LogP) is 1.75. The summed E-state index contributed by atoms with van der Waals surface area (Å²) in [5.74, 6) is -0.0765. The van der Waals surface area contributed by atoms with Crippen LogP contribution in [-0.2, 0) is 14.8 Å². The maximum atomic E-state index is 12.2. The molecule has 2 amide bonds. The van der Waals surface area contributed by atoms with Crippen LogP contribution >= 0.6 is 11.8 Å². The zero-order valence-electron chi connectivity index (χ0n) is 14.6. The summed E-state index contributed by atoms with van der Waals surface area (Å²) in [5.41, 5.74) is 1.99. The molecule has 0 atom stereocenters. The quantitative estimate of drug-likeness (QED) is 0.635. The Balaban J connectivity index is 1.53. The summed E-state index contributed by atoms with van der Waals surface area (Å²) in [6, 6.07) is 11.6. The minimum Gasteiger partial charge on any atom is -0.351 e. The van der Waals surface area contributed by atoms with Gasteiger partial charge in [-0.3, -0.25) is 9.59 Å². The van der Waals surface area contributed by atoms with Crippen LogP contribution in [0.15, 0.2) is 52.3 Å². The molecule has 1 heterocycles. The SMILES string of the molecule is Cc1ccc(S(=O)(=O)NCCNC(=O)c2ccc3c(c2)NC(=O)CS3)cc1. The fourth-order valence-corrected chi connectivity index (χ4v) is 4.31. The Morgan fingerprint density at radius 3 is 2.63 bits per heavy atom. The first-order valence-corrected chi connectivity index (χ1v) is 10.7. The number of fused-ring (bicyclic) bond motifs is 1. The van der Waals surface area contributed by atoms with Crippen molar-refractivity contribution in [2.24, 2.45) is 0 Å². The summed E-state index contributed by atoms with van der Waals surface area (Å²) < 4.78 is 26.8. The molecule has 1 aliphatic heterocycles. The van der Waals surface area contributed by atoms with Gasteiger partial charge in [-0.15, -0.1) is 11.8 Å². The van der Waals surface area contributed by atoms with Crippen LogP contribution in [0.3, 0.4) is 0 Å². The van der Waals surface area contributed by atoms with Crippen LogP contribution in [0.25, 0.3) is 0 Å². The summed E-state index contributed by atoms with van der Waals surface area (Å²) in [7, 11) is -3.61. The van der Waals surface area contributed by atoms with E-state index in [9.17, 15) is 18.0 Å². The lowest BCUT2D eigenvalue weighted by Crippen LogP contribution is -2.34. The first-order chi connectivity index (χ1) is 12.8. The second-order valence-electron chi connectivity index (χ2n) is 6.01. The number of sulfonamides is 1. The lowest BCUT2D eigenvalue weighted by molar-refractivity contribution is -0.113. The largest absolute Gasteiger partial charge is 0.351 e. The fourth-order valence-electron chi connectivity index (χ4n) is 2.49. The van der Waals surface area contributed by atoms with E-state index in [1.54, 1.807) is 30.3 Å². The van der Waals surface area contributed by atoms with E-state index in [-0.39, 0.29) is 29.8 Å². The normalized spacial score (nSPS) is 13.6. The molecule has 3 N–H and O–H groups in total. The number of benzene rings is 2. The molecular formula is C18H19N3O4S2. The topological polar surface area (TPSA) is 104 Å². The third kappa shape index (κ3) is 4.88. The zero-order valence-corrected chi connectivity index (χ0v) is 16.2. The molecule has 0 saturated carbocycles. The summed E-state index contributed by atoms with van der Waals surface area (Å²) in [5, 5.41) is 5.40. The van der Waals surface area contributed by atoms with E-state index in [2.05, 4.69) is 15.4 Å². The number of thioether (sulfide) groups is 1. The lowest BCUT2D eigenvalue weighted by Gasteiger charge is -2.17. The van der Waals surface area contributed by atoms with Crippen molar-refractivity contribution in [3.05, 3.63) is 53.6 Å². The number of anilines is 1. The molecule has 2 aromatic carbocycles. The molecule has 9 heteroatoms. The van der Waals surface area contributed by atoms with Crippen LogP contribution in [0.5, 0.6) is 0 Å². The number of amides is 2. The first-order valence-electron chi connectivity index (χ1n) is 8.26. The number of carbonyl (C=O) groups is 2. The molecule has 0 spiro atoms. The van der Waals surface area contributed by atoms with Crippen LogP contribution in [0.4, 0.5) is 5.69 Å². The van der Waals surface area contributed by atoms with Crippen molar-refractivity contribution in [1.82, 2.24) is 10.0 Å². The Morgan fingerprint density at radius 2 is 1.89 bits per heavy atom. The minimum absolute atomic E-state index is 0.0689. The number of aryl methyl sites for hydroxylation is 1. The van der Waals surface area contributed by atoms with Crippen molar-refractivity contribution >= 4 is 39.3 Å². The molecular weight excluding hydrogens is 386 g/mol. The van der Waals surface area contributed by atoms with Gasteiger partial charge in [-0.2, -0.15) is 0 Å². The maximum absolute atomic E-state index is 12.2. The summed E-state index contributed by atoms with van der Waals surface area (Å²) in [6.07, 6.45) is 0. The molecule has 0 unspecified atom stereocenters. The summed E-state index contributed by atoms with van der Waals surface area (Å²) in [4.78, 5) is 24.8. The predicted molar refractivity (Wildman–Crippen MR) is 104 cm³/mol. The van der Waals surface area contributed by atoms with Crippen LogP contribution in [0.1, 0.15) is 15.9 Å². The average Bonchev–Trinajstić information content (AvgIpc) is 2.64. The van der Waals surface area contributed by atoms with Gasteiger partial charge >= 0.3 is 0 Å². The Bertz CT molecular complexity index is 973. The molecule has 142 valence electrons. The Labute approximate surface area is 162 Å². The highest BCUT2D eigenvalue weighted by molar-refractivity contribution is 8.00. The fraction of sp³-hybridized carbons (Fsp3) is 0.222. The Hall–Kier alpha value is -2.36. The second-order valence-corrected chi connectivity index (χ2v) is 8.80. The van der Waals surface area contributed by atoms with Gasteiger partial charge in [-0.05, 0) is 37.3 Å². The highest BCUT2D eigenvalue weighted by Gasteiger charge is 2.17. The monoisotopic (exact) mass is 405 g/mol. The molecule has 0 aliphatic carbocycles. The van der Waals surface area contributed by atoms with Crippen molar-refractivity contribution in [1.29, 1.82) is 0 Å². The average molecular weight is 406 g/mol. The number of hydrogen-bond acceptors (Lipinski definition) is 5. The molecule has 3 rings (SSSR count). The highest BCUT2D eigenvalue weighted by atomic mass is 32.2. The van der Waals surface area contributed by atoms with Gasteiger partial charge < -0.3 is 10.6 Å². The molecule has 1 aliphatic rings. The van der Waals surface area contributed by atoms with E-state index >= 15 is 0 Å². The Morgan fingerprint density at radius 1 is 1.15 bits per heavy atom. The standard InChI is InChI=1S/C18H19N3O4S2/c1-12-2-5-14(6-3-12)27(24,25)20-9-8-19-18(23)13-4-7-16-15(10-13)21-17(22)11-26-16/h2-7,10,20H,8-9,11H2,1H3,(H,19,23)(H,21,22). The first kappa shape index (κ1) is 19.4. The van der Waals surface area contributed by atoms with E-state index in [1.807, 2.05) is 6.92 Å². The zero-order chi connectivity index (χ0) is 19.4. The van der Waals surface area contributed by atoms with Gasteiger partial charge in [0.2, 0.25) is 15.9 Å². The molecule has 0 aromatic heterocycles. The summed E-state index contributed by atoms with van der Waals surface area (Å²) >= 11 is 1.42. The van der Waals surface area contributed by atoms with Gasteiger partial charge in [0.1, 0.15) is 0 Å². The van der Waals surface area contributed by atoms with E-state index < -0.39 is 10.0 Å². The molecule has 2 aromatic rings. The van der Waals surface area contributed by atoms with Crippen molar-refractivity contribution in [2.45, 2.75) is 16.7 Å². The van der Waals surface area contributed by atoms with Crippen LogP contribution in [-0.4, -0.2) is 39.1 Å². The van der Waals surface area contributed by atoms with E-state index in [0.29, 0.717) is 17.0 Å². The minimum atomic E-state index is -3.61. The van der Waals surface area contributed by atoms with Crippen molar-refractivity contribution in [3.63, 3.8) is 0 Å². The van der Waals surface area contributed by atoms with Crippen LogP contribution in [0, 0.1) is 6.92 Å². The smallest absolute Gasteiger partial charge is 0.251 e. The Kier molecular flexibility index (Phi) is 5.83. The molecule has 0 fully saturated rings. The van der Waals surface area contributed by atoms with Crippen LogP contribution < -0.4 is 15.4 Å². The molecule has 27 heavy (non-hydrogen) atoms. The van der Waals surface area contributed by atoms with E-state index in [0.717, 1.165) is 10.5 Å². The number of carbonyl (C=O) groups excluding carboxylic acids is 2. The second kappa shape index (κ2) is 8.12. The molecule has 0 saturated heterocycles. The van der Waals surface area contributed by atoms with Crippen molar-refractivity contribution in [3.8, 4) is 0 Å². The maximum Gasteiger partial charge on any atom is 0.251 e. The van der Waals surface area contributed by atoms with Gasteiger partial charge in [0, 0.05) is 23.5 Å². The highest BCUT2D eigenvalue weighted by Crippen LogP contribution is 2.31.